The van der Waals surface area contributed by atoms with Crippen LogP contribution in [0, 0.1) is 11.3 Å². The predicted molar refractivity (Wildman–Crippen MR) is 92.7 cm³/mol. The van der Waals surface area contributed by atoms with Crippen LogP contribution in [-0.4, -0.2) is 61.9 Å². The fourth-order valence-electron chi connectivity index (χ4n) is 3.33. The van der Waals surface area contributed by atoms with Crippen molar-refractivity contribution in [2.75, 3.05) is 40.3 Å². The van der Waals surface area contributed by atoms with Gasteiger partial charge in [0.1, 0.15) is 6.26 Å². The lowest BCUT2D eigenvalue weighted by Gasteiger charge is -2.33. The minimum Gasteiger partial charge on any atom is -0.472 e. The Morgan fingerprint density at radius 2 is 2.17 bits per heavy atom. The third-order valence-electron chi connectivity index (χ3n) is 4.33. The van der Waals surface area contributed by atoms with E-state index < -0.39 is 0 Å². The van der Waals surface area contributed by atoms with Crippen LogP contribution in [0.15, 0.2) is 23.0 Å². The van der Waals surface area contributed by atoms with Crippen molar-refractivity contribution in [2.45, 2.75) is 26.7 Å². The number of carbonyl (C=O) groups excluding carboxylic acids is 2. The van der Waals surface area contributed by atoms with Gasteiger partial charge in [0.05, 0.1) is 17.7 Å². The van der Waals surface area contributed by atoms with Gasteiger partial charge in [-0.2, -0.15) is 0 Å². The Morgan fingerprint density at radius 1 is 1.42 bits per heavy atom. The highest BCUT2D eigenvalue weighted by Crippen LogP contribution is 2.20. The quantitative estimate of drug-likeness (QED) is 0.861. The van der Waals surface area contributed by atoms with Gasteiger partial charge in [-0.15, -0.1) is 0 Å². The summed E-state index contributed by atoms with van der Waals surface area (Å²) in [6.07, 6.45) is 4.63. The Bertz CT molecular complexity index is 552. The topological polar surface area (TPSA) is 65.8 Å². The maximum atomic E-state index is 12.5. The molecular weight excluding hydrogens is 306 g/mol. The van der Waals surface area contributed by atoms with Crippen molar-refractivity contribution >= 4 is 11.8 Å². The Kier molecular flexibility index (Phi) is 6.04. The second kappa shape index (κ2) is 7.83. The van der Waals surface area contributed by atoms with Crippen LogP contribution >= 0.6 is 0 Å². The number of nitrogens with zero attached hydrogens (tertiary/aromatic N) is 2. The molecule has 1 saturated heterocycles. The lowest BCUT2D eigenvalue weighted by atomic mass is 9.91. The van der Waals surface area contributed by atoms with Gasteiger partial charge in [-0.3, -0.25) is 9.59 Å². The van der Waals surface area contributed by atoms with E-state index in [1.165, 1.54) is 12.5 Å². The molecule has 1 aromatic heterocycles. The summed E-state index contributed by atoms with van der Waals surface area (Å²) in [7, 11) is 4.06. The number of hydrogen-bond donors (Lipinski definition) is 1. The Labute approximate surface area is 144 Å². The van der Waals surface area contributed by atoms with Gasteiger partial charge in [-0.05, 0) is 38.4 Å². The molecule has 24 heavy (non-hydrogen) atoms. The maximum absolute atomic E-state index is 12.5. The molecule has 1 aromatic rings. The molecule has 6 nitrogen and oxygen atoms in total. The van der Waals surface area contributed by atoms with Crippen molar-refractivity contribution in [1.29, 1.82) is 0 Å². The number of piperidine rings is 1. The highest BCUT2D eigenvalue weighted by molar-refractivity contribution is 5.94. The first-order valence-corrected chi connectivity index (χ1v) is 8.52. The van der Waals surface area contributed by atoms with Gasteiger partial charge in [0, 0.05) is 26.2 Å². The molecule has 0 radical (unpaired) electrons. The van der Waals surface area contributed by atoms with E-state index in [0.29, 0.717) is 25.2 Å². The lowest BCUT2D eigenvalue weighted by Crippen LogP contribution is -2.47. The standard InChI is InChI=1S/C18H29N3O3/c1-18(2,13-20(3)4)12-19-16(22)14-6-5-8-21(10-14)17(23)15-7-9-24-11-15/h7,9,11,14H,5-6,8,10,12-13H2,1-4H3,(H,19,22)/t14-/m0/s1. The van der Waals surface area contributed by atoms with Crippen molar-refractivity contribution in [3.63, 3.8) is 0 Å². The number of hydrogen-bond acceptors (Lipinski definition) is 4. The Hall–Kier alpha value is -1.82. The molecule has 0 unspecified atom stereocenters. The molecule has 2 heterocycles. The largest absolute Gasteiger partial charge is 0.472 e. The third kappa shape index (κ3) is 5.09. The summed E-state index contributed by atoms with van der Waals surface area (Å²) in [5.74, 6) is -0.148. The molecular formula is C18H29N3O3. The average Bonchev–Trinajstić information content (AvgIpc) is 3.05. The number of rotatable bonds is 6. The molecule has 0 bridgehead atoms. The summed E-state index contributed by atoms with van der Waals surface area (Å²) in [4.78, 5) is 28.8. The van der Waals surface area contributed by atoms with Gasteiger partial charge in [0.25, 0.3) is 5.91 Å². The molecule has 6 heteroatoms. The molecule has 0 aliphatic carbocycles. The number of carbonyl (C=O) groups is 2. The van der Waals surface area contributed by atoms with Crippen LogP contribution in [0.2, 0.25) is 0 Å². The van der Waals surface area contributed by atoms with Crippen LogP contribution in [0.25, 0.3) is 0 Å². The normalized spacial score (nSPS) is 18.7. The summed E-state index contributed by atoms with van der Waals surface area (Å²) in [6.45, 7) is 6.99. The summed E-state index contributed by atoms with van der Waals surface area (Å²) >= 11 is 0. The van der Waals surface area contributed by atoms with E-state index in [4.69, 9.17) is 4.42 Å². The van der Waals surface area contributed by atoms with E-state index in [1.807, 2.05) is 14.1 Å². The van der Waals surface area contributed by atoms with E-state index in [0.717, 1.165) is 19.4 Å². The average molecular weight is 335 g/mol. The van der Waals surface area contributed by atoms with Gasteiger partial charge < -0.3 is 19.5 Å². The monoisotopic (exact) mass is 335 g/mol. The SMILES string of the molecule is CN(C)CC(C)(C)CNC(=O)[C@H]1CCCN(C(=O)c2ccoc2)C1. The van der Waals surface area contributed by atoms with Gasteiger partial charge >= 0.3 is 0 Å². The zero-order chi connectivity index (χ0) is 17.7. The van der Waals surface area contributed by atoms with Crippen molar-refractivity contribution in [1.82, 2.24) is 15.1 Å². The van der Waals surface area contributed by atoms with E-state index in [2.05, 4.69) is 24.1 Å². The van der Waals surface area contributed by atoms with E-state index >= 15 is 0 Å². The molecule has 134 valence electrons. The second-order valence-electron chi connectivity index (χ2n) is 7.72. The first kappa shape index (κ1) is 18.5. The number of furan rings is 1. The van der Waals surface area contributed by atoms with Crippen LogP contribution in [-0.2, 0) is 4.79 Å². The van der Waals surface area contributed by atoms with Crippen LogP contribution in [0.5, 0.6) is 0 Å². The summed E-state index contributed by atoms with van der Waals surface area (Å²) in [5, 5.41) is 3.07. The molecule has 0 saturated carbocycles. The van der Waals surface area contributed by atoms with E-state index in [-0.39, 0.29) is 23.1 Å². The predicted octanol–water partition coefficient (Wildman–Crippen LogP) is 1.84. The molecule has 1 N–H and O–H groups in total. The molecule has 0 spiro atoms. The van der Waals surface area contributed by atoms with Crippen LogP contribution in [0.3, 0.4) is 0 Å². The molecule has 1 aliphatic rings. The van der Waals surface area contributed by atoms with Gasteiger partial charge in [0.15, 0.2) is 0 Å². The van der Waals surface area contributed by atoms with Crippen molar-refractivity contribution in [2.24, 2.45) is 11.3 Å². The molecule has 0 aromatic carbocycles. The minimum atomic E-state index is -0.134. The van der Waals surface area contributed by atoms with Gasteiger partial charge in [-0.25, -0.2) is 0 Å². The van der Waals surface area contributed by atoms with Crippen LogP contribution in [0.4, 0.5) is 0 Å². The lowest BCUT2D eigenvalue weighted by molar-refractivity contribution is -0.126. The smallest absolute Gasteiger partial charge is 0.257 e. The van der Waals surface area contributed by atoms with Crippen LogP contribution < -0.4 is 5.32 Å². The van der Waals surface area contributed by atoms with Gasteiger partial charge in [0.2, 0.25) is 5.91 Å². The van der Waals surface area contributed by atoms with Crippen LogP contribution in [0.1, 0.15) is 37.0 Å². The zero-order valence-corrected chi connectivity index (χ0v) is 15.2. The number of likely N-dealkylation sites (tertiary alicyclic amines) is 1. The highest BCUT2D eigenvalue weighted by atomic mass is 16.3. The molecule has 2 amide bonds. The molecule has 1 fully saturated rings. The Balaban J connectivity index is 1.87. The second-order valence-corrected chi connectivity index (χ2v) is 7.72. The molecule has 1 atom stereocenters. The summed E-state index contributed by atoms with van der Waals surface area (Å²) in [5.41, 5.74) is 0.559. The molecule has 2 rings (SSSR count). The summed E-state index contributed by atoms with van der Waals surface area (Å²) in [6, 6.07) is 1.66. The zero-order valence-electron chi connectivity index (χ0n) is 15.2. The Morgan fingerprint density at radius 3 is 2.79 bits per heavy atom. The first-order chi connectivity index (χ1) is 11.3. The number of amides is 2. The fraction of sp³-hybridized carbons (Fsp3) is 0.667. The van der Waals surface area contributed by atoms with E-state index in [1.54, 1.807) is 11.0 Å². The van der Waals surface area contributed by atoms with E-state index in [9.17, 15) is 9.59 Å². The van der Waals surface area contributed by atoms with Crippen molar-refractivity contribution < 1.29 is 14.0 Å². The third-order valence-corrected chi connectivity index (χ3v) is 4.33. The highest BCUT2D eigenvalue weighted by Gasteiger charge is 2.30. The first-order valence-electron chi connectivity index (χ1n) is 8.52. The van der Waals surface area contributed by atoms with Gasteiger partial charge in [-0.1, -0.05) is 13.8 Å². The van der Waals surface area contributed by atoms with Crippen molar-refractivity contribution in [3.05, 3.63) is 24.2 Å². The molecule has 1 aliphatic heterocycles. The number of nitrogens with one attached hydrogen (secondary N) is 1. The minimum absolute atomic E-state index is 0.0140. The fourth-order valence-corrected chi connectivity index (χ4v) is 3.33. The van der Waals surface area contributed by atoms with Crippen molar-refractivity contribution in [3.8, 4) is 0 Å². The maximum Gasteiger partial charge on any atom is 0.257 e. The summed E-state index contributed by atoms with van der Waals surface area (Å²) < 4.78 is 4.98.